The van der Waals surface area contributed by atoms with Crippen LogP contribution in [-0.2, 0) is 10.2 Å². The van der Waals surface area contributed by atoms with E-state index in [9.17, 15) is 8.42 Å². The van der Waals surface area contributed by atoms with Gasteiger partial charge in [0.1, 0.15) is 0 Å². The highest BCUT2D eigenvalue weighted by atomic mass is 32.2. The first-order chi connectivity index (χ1) is 10.1. The van der Waals surface area contributed by atoms with E-state index in [1.807, 2.05) is 0 Å². The third-order valence-corrected chi connectivity index (χ3v) is 6.53. The maximum Gasteiger partial charge on any atom is 0.282 e. The van der Waals surface area contributed by atoms with Gasteiger partial charge in [0.15, 0.2) is 0 Å². The first-order valence-corrected chi connectivity index (χ1v) is 9.96. The molecule has 1 aliphatic carbocycles. The normalized spacial score (nSPS) is 24.6. The average molecular weight is 317 g/mol. The Bertz CT molecular complexity index is 409. The molecule has 0 aromatic heterocycles. The van der Waals surface area contributed by atoms with Crippen molar-refractivity contribution < 1.29 is 8.42 Å². The van der Waals surface area contributed by atoms with Gasteiger partial charge in [0.05, 0.1) is 0 Å². The van der Waals surface area contributed by atoms with Gasteiger partial charge in [-0.15, -0.1) is 0 Å². The summed E-state index contributed by atoms with van der Waals surface area (Å²) in [5, 5.41) is 3.35. The van der Waals surface area contributed by atoms with E-state index in [2.05, 4.69) is 19.2 Å². The number of hydrogen-bond acceptors (Lipinski definition) is 3. The first-order valence-electron chi connectivity index (χ1n) is 8.57. The molecule has 1 atom stereocenters. The van der Waals surface area contributed by atoms with Gasteiger partial charge in [0.2, 0.25) is 0 Å². The second-order valence-corrected chi connectivity index (χ2v) is 8.26. The van der Waals surface area contributed by atoms with E-state index in [0.717, 1.165) is 51.6 Å². The molecule has 1 N–H and O–H groups in total. The molecule has 124 valence electrons. The zero-order valence-electron chi connectivity index (χ0n) is 13.6. The number of unbranched alkanes of at least 4 members (excludes halogenated alkanes) is 1. The van der Waals surface area contributed by atoms with Crippen LogP contribution in [0.1, 0.15) is 52.4 Å². The maximum absolute atomic E-state index is 12.9. The fourth-order valence-electron chi connectivity index (χ4n) is 3.06. The Kier molecular flexibility index (Phi) is 6.47. The Labute approximate surface area is 130 Å². The minimum atomic E-state index is -3.25. The summed E-state index contributed by atoms with van der Waals surface area (Å²) in [5.74, 6) is 0.459. The molecule has 2 rings (SSSR count). The van der Waals surface area contributed by atoms with Gasteiger partial charge in [-0.25, -0.2) is 0 Å². The van der Waals surface area contributed by atoms with Crippen molar-refractivity contribution in [2.45, 2.75) is 58.4 Å². The summed E-state index contributed by atoms with van der Waals surface area (Å²) in [4.78, 5) is 0. The predicted octanol–water partition coefficient (Wildman–Crippen LogP) is 1.82. The molecule has 0 aromatic rings. The number of piperidine rings is 1. The fourth-order valence-corrected chi connectivity index (χ4v) is 5.07. The first kappa shape index (κ1) is 17.2. The van der Waals surface area contributed by atoms with Gasteiger partial charge in [0, 0.05) is 25.7 Å². The smallest absolute Gasteiger partial charge is 0.282 e. The Morgan fingerprint density at radius 3 is 2.62 bits per heavy atom. The molecule has 5 nitrogen and oxygen atoms in total. The van der Waals surface area contributed by atoms with Gasteiger partial charge in [-0.2, -0.15) is 17.0 Å². The Balaban J connectivity index is 1.99. The molecule has 21 heavy (non-hydrogen) atoms. The number of nitrogens with one attached hydrogen (secondary N) is 1. The van der Waals surface area contributed by atoms with E-state index in [4.69, 9.17) is 0 Å². The molecule has 1 heterocycles. The largest absolute Gasteiger partial charge is 0.317 e. The molecule has 2 fully saturated rings. The van der Waals surface area contributed by atoms with E-state index < -0.39 is 10.2 Å². The lowest BCUT2D eigenvalue weighted by atomic mass is 10.00. The quantitative estimate of drug-likeness (QED) is 0.706. The SMILES string of the molecule is CCCCN(C1CC1)S(=O)(=O)N1CCCC(CNCC)C1. The molecule has 0 spiro atoms. The lowest BCUT2D eigenvalue weighted by Crippen LogP contribution is -2.50. The van der Waals surface area contributed by atoms with Crippen LogP contribution in [0.5, 0.6) is 0 Å². The fraction of sp³-hybridized carbons (Fsp3) is 1.00. The molecule has 1 saturated carbocycles. The van der Waals surface area contributed by atoms with Crippen molar-refractivity contribution in [3.8, 4) is 0 Å². The van der Waals surface area contributed by atoms with Gasteiger partial charge in [-0.1, -0.05) is 20.3 Å². The van der Waals surface area contributed by atoms with Gasteiger partial charge in [0.25, 0.3) is 10.2 Å². The predicted molar refractivity (Wildman–Crippen MR) is 86.4 cm³/mol. The van der Waals surface area contributed by atoms with Gasteiger partial charge in [-0.3, -0.25) is 0 Å². The topological polar surface area (TPSA) is 52.7 Å². The minimum Gasteiger partial charge on any atom is -0.317 e. The monoisotopic (exact) mass is 317 g/mol. The van der Waals surface area contributed by atoms with Crippen molar-refractivity contribution in [3.63, 3.8) is 0 Å². The van der Waals surface area contributed by atoms with Crippen LogP contribution in [0.15, 0.2) is 0 Å². The summed E-state index contributed by atoms with van der Waals surface area (Å²) in [6.45, 7) is 8.17. The highest BCUT2D eigenvalue weighted by molar-refractivity contribution is 7.86. The van der Waals surface area contributed by atoms with Gasteiger partial charge in [-0.05, 0) is 51.1 Å². The third kappa shape index (κ3) is 4.65. The van der Waals surface area contributed by atoms with E-state index in [-0.39, 0.29) is 6.04 Å². The molecule has 1 saturated heterocycles. The molecule has 6 heteroatoms. The van der Waals surface area contributed by atoms with Crippen molar-refractivity contribution in [2.24, 2.45) is 5.92 Å². The lowest BCUT2D eigenvalue weighted by Gasteiger charge is -2.35. The van der Waals surface area contributed by atoms with Crippen molar-refractivity contribution >= 4 is 10.2 Å². The van der Waals surface area contributed by atoms with Crippen molar-refractivity contribution in [1.82, 2.24) is 13.9 Å². The number of hydrogen-bond donors (Lipinski definition) is 1. The Morgan fingerprint density at radius 2 is 2.00 bits per heavy atom. The van der Waals surface area contributed by atoms with E-state index in [1.165, 1.54) is 0 Å². The van der Waals surface area contributed by atoms with Gasteiger partial charge >= 0.3 is 0 Å². The zero-order chi connectivity index (χ0) is 15.3. The van der Waals surface area contributed by atoms with Crippen LogP contribution in [-0.4, -0.2) is 55.8 Å². The highest BCUT2D eigenvalue weighted by Crippen LogP contribution is 2.32. The van der Waals surface area contributed by atoms with Crippen LogP contribution < -0.4 is 5.32 Å². The van der Waals surface area contributed by atoms with E-state index in [1.54, 1.807) is 8.61 Å². The maximum atomic E-state index is 12.9. The molecule has 0 radical (unpaired) electrons. The molecule has 0 amide bonds. The number of rotatable bonds is 9. The highest BCUT2D eigenvalue weighted by Gasteiger charge is 2.41. The lowest BCUT2D eigenvalue weighted by molar-refractivity contribution is 0.240. The van der Waals surface area contributed by atoms with Crippen LogP contribution in [0.25, 0.3) is 0 Å². The van der Waals surface area contributed by atoms with Crippen molar-refractivity contribution in [3.05, 3.63) is 0 Å². The van der Waals surface area contributed by atoms with E-state index >= 15 is 0 Å². The Hall–Kier alpha value is -0.170. The average Bonchev–Trinajstić information content (AvgIpc) is 3.30. The standard InChI is InChI=1S/C15H31N3O2S/c1-3-5-11-18(15-8-9-15)21(19,20)17-10-6-7-14(13-17)12-16-4-2/h14-16H,3-13H2,1-2H3. The summed E-state index contributed by atoms with van der Waals surface area (Å²) >= 11 is 0. The zero-order valence-corrected chi connectivity index (χ0v) is 14.4. The molecular formula is C15H31N3O2S. The third-order valence-electron chi connectivity index (χ3n) is 4.47. The number of nitrogens with zero attached hydrogens (tertiary/aromatic N) is 2. The molecule has 0 aromatic carbocycles. The van der Waals surface area contributed by atoms with Crippen LogP contribution in [0.4, 0.5) is 0 Å². The molecule has 2 aliphatic rings. The summed E-state index contributed by atoms with van der Waals surface area (Å²) < 4.78 is 29.4. The summed E-state index contributed by atoms with van der Waals surface area (Å²) in [7, 11) is -3.25. The van der Waals surface area contributed by atoms with E-state index in [0.29, 0.717) is 25.6 Å². The molecular weight excluding hydrogens is 286 g/mol. The van der Waals surface area contributed by atoms with Crippen molar-refractivity contribution in [2.75, 3.05) is 32.7 Å². The summed E-state index contributed by atoms with van der Waals surface area (Å²) in [6.07, 6.45) is 6.21. The van der Waals surface area contributed by atoms with Crippen molar-refractivity contribution in [1.29, 1.82) is 0 Å². The van der Waals surface area contributed by atoms with Crippen LogP contribution in [0, 0.1) is 5.92 Å². The van der Waals surface area contributed by atoms with Crippen LogP contribution >= 0.6 is 0 Å². The summed E-state index contributed by atoms with van der Waals surface area (Å²) in [5.41, 5.74) is 0. The van der Waals surface area contributed by atoms with Crippen LogP contribution in [0.3, 0.4) is 0 Å². The minimum absolute atomic E-state index is 0.274. The summed E-state index contributed by atoms with van der Waals surface area (Å²) in [6, 6.07) is 0.274. The second kappa shape index (κ2) is 7.90. The van der Waals surface area contributed by atoms with Gasteiger partial charge < -0.3 is 5.32 Å². The molecule has 0 bridgehead atoms. The molecule has 1 aliphatic heterocycles. The second-order valence-electron chi connectivity index (χ2n) is 6.38. The molecule has 1 unspecified atom stereocenters. The van der Waals surface area contributed by atoms with Crippen LogP contribution in [0.2, 0.25) is 0 Å². The Morgan fingerprint density at radius 1 is 1.24 bits per heavy atom.